The van der Waals surface area contributed by atoms with Crippen LogP contribution in [0.15, 0.2) is 122 Å². The van der Waals surface area contributed by atoms with Crippen molar-refractivity contribution in [2.45, 2.75) is 213 Å². The SMILES string of the molecule is CC\C=C/C=C\C=C/C=C\C=C/CCCCCC(=O)OC(COC(=O)CCCC/C=C\C/C=C\C/C=C\CC)COC(=O)CCCCCCCCCCCC/C=C\C=C/CCCCC. The molecule has 0 fully saturated rings. The van der Waals surface area contributed by atoms with Gasteiger partial charge in [-0.25, -0.2) is 0 Å². The second-order valence-electron chi connectivity index (χ2n) is 16.5. The molecule has 1 atom stereocenters. The van der Waals surface area contributed by atoms with Crippen LogP contribution in [0.5, 0.6) is 0 Å². The average molecular weight is 885 g/mol. The second kappa shape index (κ2) is 51.4. The van der Waals surface area contributed by atoms with Gasteiger partial charge in [0.05, 0.1) is 0 Å². The van der Waals surface area contributed by atoms with Gasteiger partial charge in [0.25, 0.3) is 0 Å². The van der Waals surface area contributed by atoms with Crippen LogP contribution >= 0.6 is 0 Å². The van der Waals surface area contributed by atoms with Crippen LogP contribution in [0.2, 0.25) is 0 Å². The van der Waals surface area contributed by atoms with E-state index in [1.807, 2.05) is 48.6 Å². The van der Waals surface area contributed by atoms with E-state index >= 15 is 0 Å². The lowest BCUT2D eigenvalue weighted by atomic mass is 10.1. The van der Waals surface area contributed by atoms with Gasteiger partial charge in [-0.3, -0.25) is 14.4 Å². The molecule has 0 aliphatic heterocycles. The van der Waals surface area contributed by atoms with E-state index in [9.17, 15) is 14.4 Å². The second-order valence-corrected chi connectivity index (χ2v) is 16.5. The maximum Gasteiger partial charge on any atom is 0.306 e. The zero-order valence-electron chi connectivity index (χ0n) is 41.0. The van der Waals surface area contributed by atoms with Crippen molar-refractivity contribution >= 4 is 17.9 Å². The van der Waals surface area contributed by atoms with Crippen LogP contribution < -0.4 is 0 Å². The molecule has 0 bridgehead atoms. The van der Waals surface area contributed by atoms with Gasteiger partial charge in [-0.15, -0.1) is 0 Å². The van der Waals surface area contributed by atoms with Crippen molar-refractivity contribution in [1.29, 1.82) is 0 Å². The minimum absolute atomic E-state index is 0.113. The Kier molecular flexibility index (Phi) is 48.1. The molecule has 0 aromatic heterocycles. The van der Waals surface area contributed by atoms with Crippen LogP contribution in [0, 0.1) is 0 Å². The molecule has 0 radical (unpaired) electrons. The lowest BCUT2D eigenvalue weighted by Gasteiger charge is -2.18. The third-order valence-electron chi connectivity index (χ3n) is 10.3. The summed E-state index contributed by atoms with van der Waals surface area (Å²) in [5.74, 6) is -1.01. The van der Waals surface area contributed by atoms with Crippen molar-refractivity contribution in [1.82, 2.24) is 0 Å². The van der Waals surface area contributed by atoms with Crippen molar-refractivity contribution in [3.05, 3.63) is 122 Å². The van der Waals surface area contributed by atoms with E-state index < -0.39 is 6.10 Å². The summed E-state index contributed by atoms with van der Waals surface area (Å²) in [4.78, 5) is 37.9. The molecule has 0 saturated carbocycles. The first-order chi connectivity index (χ1) is 31.5. The number of carbonyl (C=O) groups excluding carboxylic acids is 3. The van der Waals surface area contributed by atoms with Crippen LogP contribution in [-0.2, 0) is 28.6 Å². The molecule has 0 aliphatic rings. The average Bonchev–Trinajstić information content (AvgIpc) is 3.29. The maximum absolute atomic E-state index is 12.8. The molecule has 0 amide bonds. The van der Waals surface area contributed by atoms with E-state index in [1.54, 1.807) is 0 Å². The highest BCUT2D eigenvalue weighted by molar-refractivity contribution is 5.71. The fourth-order valence-electron chi connectivity index (χ4n) is 6.53. The first-order valence-electron chi connectivity index (χ1n) is 25.6. The number of hydrogen-bond donors (Lipinski definition) is 0. The topological polar surface area (TPSA) is 78.9 Å². The molecule has 64 heavy (non-hydrogen) atoms. The number of ether oxygens (including phenoxy) is 3. The molecule has 0 N–H and O–H groups in total. The van der Waals surface area contributed by atoms with E-state index in [4.69, 9.17) is 14.2 Å². The molecular weight excluding hydrogens is 793 g/mol. The number of unbranched alkanes of at least 4 members (excludes halogenated alkanes) is 18. The van der Waals surface area contributed by atoms with Gasteiger partial charge in [0.15, 0.2) is 6.10 Å². The molecule has 0 heterocycles. The molecular formula is C58H92O6. The lowest BCUT2D eigenvalue weighted by Crippen LogP contribution is -2.30. The molecule has 0 spiro atoms. The minimum atomic E-state index is -0.820. The highest BCUT2D eigenvalue weighted by Gasteiger charge is 2.19. The fourth-order valence-corrected chi connectivity index (χ4v) is 6.53. The summed E-state index contributed by atoms with van der Waals surface area (Å²) in [7, 11) is 0. The van der Waals surface area contributed by atoms with E-state index in [-0.39, 0.29) is 37.5 Å². The molecule has 0 aromatic carbocycles. The Bertz CT molecular complexity index is 1390. The molecule has 0 saturated heterocycles. The van der Waals surface area contributed by atoms with E-state index in [2.05, 4.69) is 93.7 Å². The third kappa shape index (κ3) is 48.8. The Balaban J connectivity index is 4.49. The Hall–Kier alpha value is -4.19. The highest BCUT2D eigenvalue weighted by Crippen LogP contribution is 2.14. The van der Waals surface area contributed by atoms with Crippen LogP contribution in [0.4, 0.5) is 0 Å². The van der Waals surface area contributed by atoms with Crippen molar-refractivity contribution in [2.24, 2.45) is 0 Å². The number of hydrogen-bond acceptors (Lipinski definition) is 6. The van der Waals surface area contributed by atoms with Gasteiger partial charge >= 0.3 is 17.9 Å². The minimum Gasteiger partial charge on any atom is -0.462 e. The van der Waals surface area contributed by atoms with Gasteiger partial charge in [-0.2, -0.15) is 0 Å². The van der Waals surface area contributed by atoms with Crippen molar-refractivity contribution < 1.29 is 28.6 Å². The van der Waals surface area contributed by atoms with E-state index in [0.717, 1.165) is 77.0 Å². The number of esters is 3. The Morgan fingerprint density at radius 2 is 0.688 bits per heavy atom. The highest BCUT2D eigenvalue weighted by atomic mass is 16.6. The first-order valence-corrected chi connectivity index (χ1v) is 25.6. The van der Waals surface area contributed by atoms with Gasteiger partial charge in [0.1, 0.15) is 13.2 Å². The van der Waals surface area contributed by atoms with Gasteiger partial charge < -0.3 is 14.2 Å². The molecule has 6 heteroatoms. The number of carbonyl (C=O) groups is 3. The third-order valence-corrected chi connectivity index (χ3v) is 10.3. The quantitative estimate of drug-likeness (QED) is 0.0199. The molecule has 0 aromatic rings. The summed E-state index contributed by atoms with van der Waals surface area (Å²) in [6.07, 6.45) is 70.4. The number of allylic oxidation sites excluding steroid dienone is 20. The summed E-state index contributed by atoms with van der Waals surface area (Å²) in [6, 6.07) is 0. The zero-order chi connectivity index (χ0) is 46.5. The van der Waals surface area contributed by atoms with Crippen LogP contribution in [0.3, 0.4) is 0 Å². The van der Waals surface area contributed by atoms with Crippen LogP contribution in [0.25, 0.3) is 0 Å². The van der Waals surface area contributed by atoms with Crippen LogP contribution in [-0.4, -0.2) is 37.2 Å². The predicted octanol–water partition coefficient (Wildman–Crippen LogP) is 16.9. The summed E-state index contributed by atoms with van der Waals surface area (Å²) in [5, 5.41) is 0. The summed E-state index contributed by atoms with van der Waals surface area (Å²) in [5.41, 5.74) is 0. The zero-order valence-corrected chi connectivity index (χ0v) is 41.0. The molecule has 0 rings (SSSR count). The first kappa shape index (κ1) is 59.8. The lowest BCUT2D eigenvalue weighted by molar-refractivity contribution is -0.167. The standard InChI is InChI=1S/C58H92O6/c1-4-7-10-13-16-19-22-25-27-28-29-30-32-33-36-39-42-45-48-51-57(60)63-54-55(53-62-56(59)50-47-44-41-38-35-24-21-18-15-12-9-6-3)64-58(61)52-49-46-43-40-37-34-31-26-23-20-17-14-11-8-5-2/h8-9,11-12,14,16-23,25-26,31,34-35,37-38,55H,4-7,10,13,15,24,27-30,32-33,36,39-54H2,1-3H3/b11-8-,12-9-,17-14-,19-16-,21-18-,23-20-,25-22-,31-26-,37-34-,38-35-. The smallest absolute Gasteiger partial charge is 0.306 e. The fraction of sp³-hybridized carbons (Fsp3) is 0.603. The van der Waals surface area contributed by atoms with Gasteiger partial charge in [0.2, 0.25) is 0 Å². The van der Waals surface area contributed by atoms with Crippen molar-refractivity contribution in [2.75, 3.05) is 13.2 Å². The van der Waals surface area contributed by atoms with Gasteiger partial charge in [0, 0.05) is 19.3 Å². The largest absolute Gasteiger partial charge is 0.462 e. The van der Waals surface area contributed by atoms with Crippen LogP contribution in [0.1, 0.15) is 207 Å². The Labute approximate surface area is 392 Å². The number of rotatable bonds is 44. The molecule has 0 aliphatic carbocycles. The molecule has 6 nitrogen and oxygen atoms in total. The van der Waals surface area contributed by atoms with Gasteiger partial charge in [-0.1, -0.05) is 213 Å². The molecule has 1 unspecified atom stereocenters. The summed E-state index contributed by atoms with van der Waals surface area (Å²) >= 11 is 0. The van der Waals surface area contributed by atoms with Crippen molar-refractivity contribution in [3.8, 4) is 0 Å². The van der Waals surface area contributed by atoms with E-state index in [0.29, 0.717) is 25.7 Å². The maximum atomic E-state index is 12.8. The van der Waals surface area contributed by atoms with E-state index in [1.165, 1.54) is 77.0 Å². The van der Waals surface area contributed by atoms with Gasteiger partial charge in [-0.05, 0) is 96.3 Å². The van der Waals surface area contributed by atoms with Crippen molar-refractivity contribution in [3.63, 3.8) is 0 Å². The summed E-state index contributed by atoms with van der Waals surface area (Å²) in [6.45, 7) is 6.26. The molecule has 360 valence electrons. The normalized spacial score (nSPS) is 13.1. The Morgan fingerprint density at radius 3 is 1.20 bits per heavy atom. The summed E-state index contributed by atoms with van der Waals surface area (Å²) < 4.78 is 16.7. The Morgan fingerprint density at radius 1 is 0.344 bits per heavy atom. The predicted molar refractivity (Wildman–Crippen MR) is 274 cm³/mol. The monoisotopic (exact) mass is 885 g/mol.